The predicted molar refractivity (Wildman–Crippen MR) is 155 cm³/mol. The summed E-state index contributed by atoms with van der Waals surface area (Å²) in [5.74, 6) is -2.00. The molecule has 40 heavy (non-hydrogen) atoms. The molecule has 3 aromatic rings. The summed E-state index contributed by atoms with van der Waals surface area (Å²) in [6.07, 6.45) is 1.63. The number of rotatable bonds is 7. The molecule has 0 radical (unpaired) electrons. The lowest BCUT2D eigenvalue weighted by Crippen LogP contribution is -2.29. The number of nitrogens with zero attached hydrogens (tertiary/aromatic N) is 2. The molecule has 1 N–H and O–H groups in total. The third-order valence-corrected chi connectivity index (χ3v) is 7.86. The third-order valence-electron chi connectivity index (χ3n) is 6.72. The first-order valence-electron chi connectivity index (χ1n) is 12.7. The van der Waals surface area contributed by atoms with Gasteiger partial charge >= 0.3 is 11.9 Å². The van der Waals surface area contributed by atoms with Gasteiger partial charge in [0.05, 0.1) is 24.4 Å². The van der Waals surface area contributed by atoms with E-state index in [1.165, 1.54) is 12.0 Å². The van der Waals surface area contributed by atoms with Crippen molar-refractivity contribution in [2.45, 2.75) is 46.1 Å². The number of benzene rings is 2. The van der Waals surface area contributed by atoms with Crippen LogP contribution in [0.15, 0.2) is 60.7 Å². The Morgan fingerprint density at radius 1 is 1.15 bits per heavy atom. The average molecular weight is 561 g/mol. The first kappa shape index (κ1) is 28.8. The van der Waals surface area contributed by atoms with Gasteiger partial charge in [-0.05, 0) is 54.2 Å². The van der Waals surface area contributed by atoms with E-state index in [4.69, 9.17) is 9.47 Å². The van der Waals surface area contributed by atoms with Crippen LogP contribution in [0, 0.1) is 13.8 Å². The fourth-order valence-electron chi connectivity index (χ4n) is 4.57. The lowest BCUT2D eigenvalue weighted by Gasteiger charge is -2.25. The van der Waals surface area contributed by atoms with Gasteiger partial charge in [0, 0.05) is 5.56 Å². The Labute approximate surface area is 237 Å². The minimum Gasteiger partial charge on any atom is -0.507 e. The largest absolute Gasteiger partial charge is 0.507 e. The number of aliphatic hydroxyl groups excluding tert-OH is 1. The molecule has 0 aliphatic carbocycles. The van der Waals surface area contributed by atoms with Gasteiger partial charge in [-0.2, -0.15) is 0 Å². The molecule has 8 nitrogen and oxygen atoms in total. The molecule has 1 fully saturated rings. The number of thiazole rings is 1. The van der Waals surface area contributed by atoms with Crippen molar-refractivity contribution in [2.75, 3.05) is 18.6 Å². The Bertz CT molecular complexity index is 1530. The predicted octanol–water partition coefficient (Wildman–Crippen LogP) is 6.04. The topological polar surface area (TPSA) is 106 Å². The van der Waals surface area contributed by atoms with Crippen LogP contribution in [0.1, 0.15) is 64.4 Å². The van der Waals surface area contributed by atoms with Crippen molar-refractivity contribution in [3.05, 3.63) is 93.5 Å². The number of aromatic nitrogens is 1. The average Bonchev–Trinajstić information content (AvgIpc) is 3.42. The van der Waals surface area contributed by atoms with Crippen molar-refractivity contribution in [3.8, 4) is 5.75 Å². The summed E-state index contributed by atoms with van der Waals surface area (Å²) in [7, 11) is 1.26. The van der Waals surface area contributed by atoms with Crippen LogP contribution in [0.25, 0.3) is 5.76 Å². The molecular weight excluding hydrogens is 528 g/mol. The number of amides is 1. The van der Waals surface area contributed by atoms with Gasteiger partial charge in [0.15, 0.2) is 5.13 Å². The van der Waals surface area contributed by atoms with Crippen molar-refractivity contribution < 1.29 is 29.0 Å². The number of anilines is 1. The number of aryl methyl sites for hydroxylation is 2. The highest BCUT2D eigenvalue weighted by Gasteiger charge is 2.48. The van der Waals surface area contributed by atoms with E-state index in [2.05, 4.69) is 32.3 Å². The molecule has 2 heterocycles. The van der Waals surface area contributed by atoms with Crippen molar-refractivity contribution >= 4 is 39.9 Å². The van der Waals surface area contributed by atoms with Crippen LogP contribution in [0.5, 0.6) is 5.75 Å². The molecule has 0 spiro atoms. The maximum Gasteiger partial charge on any atom is 0.350 e. The minimum atomic E-state index is -0.971. The molecule has 1 amide bonds. The molecule has 1 aliphatic heterocycles. The number of esters is 1. The number of ether oxygens (including phenoxy) is 2. The molecule has 1 saturated heterocycles. The van der Waals surface area contributed by atoms with Crippen molar-refractivity contribution in [2.24, 2.45) is 0 Å². The van der Waals surface area contributed by atoms with Crippen LogP contribution in [0.2, 0.25) is 0 Å². The second-order valence-corrected chi connectivity index (χ2v) is 11.5. The number of methoxy groups -OCH3 is 1. The Kier molecular flexibility index (Phi) is 7.98. The van der Waals surface area contributed by atoms with E-state index >= 15 is 0 Å². The zero-order valence-electron chi connectivity index (χ0n) is 23.4. The standard InChI is InChI=1S/C31H32N2O6S/c1-8-15-39-21-13-14-22(17(2)16-21)25(34)23-24(19-9-11-20(12-10-19)31(4,5)6)33(28(36)26(23)35)30-32-18(3)27(40-30)29(37)38-7/h8-14,16,24,34H,1,15H2,2-7H3/t24-/m0/s1. The number of ketones is 1. The second-order valence-electron chi connectivity index (χ2n) is 10.5. The number of hydrogen-bond donors (Lipinski definition) is 1. The van der Waals surface area contributed by atoms with E-state index in [0.29, 0.717) is 34.7 Å². The number of hydrogen-bond acceptors (Lipinski definition) is 8. The number of carbonyl (C=O) groups excluding carboxylic acids is 3. The first-order chi connectivity index (χ1) is 18.9. The number of carbonyl (C=O) groups is 3. The maximum atomic E-state index is 13.6. The third kappa shape index (κ3) is 5.29. The van der Waals surface area contributed by atoms with Gasteiger partial charge in [-0.25, -0.2) is 9.78 Å². The SMILES string of the molecule is C=CCOc1ccc(C(O)=C2C(=O)C(=O)N(c3nc(C)c(C(=O)OC)s3)[C@H]2c2ccc(C(C)(C)C)cc2)c(C)c1. The normalized spacial score (nSPS) is 16.8. The first-order valence-corrected chi connectivity index (χ1v) is 13.5. The van der Waals surface area contributed by atoms with Crippen molar-refractivity contribution in [1.82, 2.24) is 4.98 Å². The number of aliphatic hydroxyl groups is 1. The summed E-state index contributed by atoms with van der Waals surface area (Å²) in [6, 6.07) is 11.7. The Morgan fingerprint density at radius 2 is 1.82 bits per heavy atom. The van der Waals surface area contributed by atoms with Gasteiger partial charge in [-0.3, -0.25) is 14.5 Å². The van der Waals surface area contributed by atoms with E-state index in [0.717, 1.165) is 16.9 Å². The molecule has 9 heteroatoms. The summed E-state index contributed by atoms with van der Waals surface area (Å²) in [5.41, 5.74) is 2.93. The van der Waals surface area contributed by atoms with Crippen LogP contribution in [0.3, 0.4) is 0 Å². The smallest absolute Gasteiger partial charge is 0.350 e. The monoisotopic (exact) mass is 560 g/mol. The summed E-state index contributed by atoms with van der Waals surface area (Å²) in [5, 5.41) is 11.7. The van der Waals surface area contributed by atoms with Crippen LogP contribution >= 0.6 is 11.3 Å². The molecule has 0 unspecified atom stereocenters. The molecule has 0 saturated carbocycles. The van der Waals surface area contributed by atoms with Gasteiger partial charge in [0.1, 0.15) is 23.0 Å². The van der Waals surface area contributed by atoms with Gasteiger partial charge < -0.3 is 14.6 Å². The van der Waals surface area contributed by atoms with E-state index in [1.54, 1.807) is 38.1 Å². The summed E-state index contributed by atoms with van der Waals surface area (Å²) in [4.78, 5) is 45.3. The van der Waals surface area contributed by atoms with E-state index in [9.17, 15) is 19.5 Å². The van der Waals surface area contributed by atoms with Crippen LogP contribution in [-0.2, 0) is 19.7 Å². The molecule has 1 aliphatic rings. The zero-order valence-corrected chi connectivity index (χ0v) is 24.2. The van der Waals surface area contributed by atoms with Gasteiger partial charge in [0.25, 0.3) is 5.78 Å². The fourth-order valence-corrected chi connectivity index (χ4v) is 5.58. The zero-order chi connectivity index (χ0) is 29.4. The molecule has 4 rings (SSSR count). The number of Topliss-reactive ketones (excluding diaryl/α,β-unsaturated/α-hetero) is 1. The lowest BCUT2D eigenvalue weighted by molar-refractivity contribution is -0.132. The lowest BCUT2D eigenvalue weighted by atomic mass is 9.85. The molecule has 2 aromatic carbocycles. The summed E-state index contributed by atoms with van der Waals surface area (Å²) >= 11 is 0.962. The van der Waals surface area contributed by atoms with Gasteiger partial charge in [0.2, 0.25) is 0 Å². The highest BCUT2D eigenvalue weighted by Crippen LogP contribution is 2.44. The Hall–Kier alpha value is -4.24. The van der Waals surface area contributed by atoms with E-state index < -0.39 is 23.7 Å². The van der Waals surface area contributed by atoms with Crippen LogP contribution in [-0.4, -0.2) is 41.5 Å². The molecule has 1 atom stereocenters. The Morgan fingerprint density at radius 3 is 2.40 bits per heavy atom. The highest BCUT2D eigenvalue weighted by molar-refractivity contribution is 7.17. The van der Waals surface area contributed by atoms with Crippen molar-refractivity contribution in [3.63, 3.8) is 0 Å². The van der Waals surface area contributed by atoms with Crippen molar-refractivity contribution in [1.29, 1.82) is 0 Å². The molecule has 0 bridgehead atoms. The maximum absolute atomic E-state index is 13.6. The highest BCUT2D eigenvalue weighted by atomic mass is 32.1. The summed E-state index contributed by atoms with van der Waals surface area (Å²) in [6.45, 7) is 13.7. The van der Waals surface area contributed by atoms with E-state index in [1.807, 2.05) is 24.3 Å². The molecular formula is C31H32N2O6S. The van der Waals surface area contributed by atoms with Gasteiger partial charge in [-0.15, -0.1) is 0 Å². The van der Waals surface area contributed by atoms with Crippen LogP contribution < -0.4 is 9.64 Å². The van der Waals surface area contributed by atoms with Crippen LogP contribution in [0.4, 0.5) is 5.13 Å². The summed E-state index contributed by atoms with van der Waals surface area (Å²) < 4.78 is 10.4. The fraction of sp³-hybridized carbons (Fsp3) is 0.290. The molecule has 1 aromatic heterocycles. The minimum absolute atomic E-state index is 0.0659. The van der Waals surface area contributed by atoms with Gasteiger partial charge in [-0.1, -0.05) is 69.0 Å². The Balaban J connectivity index is 1.91. The second kappa shape index (κ2) is 11.1. The molecule has 208 valence electrons. The quantitative estimate of drug-likeness (QED) is 0.124. The van der Waals surface area contributed by atoms with E-state index in [-0.39, 0.29) is 26.8 Å².